The average molecular weight is 710 g/mol. The van der Waals surface area contributed by atoms with Crippen LogP contribution in [0.2, 0.25) is 0 Å². The molecule has 2 heterocycles. The predicted molar refractivity (Wildman–Crippen MR) is 180 cm³/mol. The maximum atomic E-state index is 12.8. The van der Waals surface area contributed by atoms with Gasteiger partial charge in [-0.3, -0.25) is 10.1 Å². The Kier molecular flexibility index (Phi) is 10.4. The van der Waals surface area contributed by atoms with Gasteiger partial charge >= 0.3 is 18.4 Å². The van der Waals surface area contributed by atoms with Gasteiger partial charge in [0, 0.05) is 17.7 Å². The second-order valence-corrected chi connectivity index (χ2v) is 13.9. The molecular formula is C36H38F3N5O7. The first kappa shape index (κ1) is 36.8. The summed E-state index contributed by atoms with van der Waals surface area (Å²) in [4.78, 5) is 48.3. The third-order valence-corrected chi connectivity index (χ3v) is 7.43. The molecule has 15 heteroatoms. The van der Waals surface area contributed by atoms with Gasteiger partial charge in [0.25, 0.3) is 0 Å². The highest BCUT2D eigenvalue weighted by molar-refractivity contribution is 5.99. The number of carbonyl (C=O) groups excluding carboxylic acids is 3. The average Bonchev–Trinajstić information content (AvgIpc) is 3.71. The highest BCUT2D eigenvalue weighted by Crippen LogP contribution is 2.34. The number of hydrogen-bond donors (Lipinski definition) is 1. The molecule has 4 aromatic rings. The molecule has 1 aliphatic rings. The normalized spacial score (nSPS) is 15.5. The van der Waals surface area contributed by atoms with Crippen LogP contribution in [0, 0.1) is 0 Å². The van der Waals surface area contributed by atoms with E-state index in [1.165, 1.54) is 0 Å². The first-order valence-corrected chi connectivity index (χ1v) is 16.1. The summed E-state index contributed by atoms with van der Waals surface area (Å²) in [6, 6.07) is 14.1. The maximum absolute atomic E-state index is 12.8. The van der Waals surface area contributed by atoms with E-state index in [-0.39, 0.29) is 24.0 Å². The lowest BCUT2D eigenvalue weighted by Crippen LogP contribution is -2.46. The fraction of sp³-hybridized carbons (Fsp3) is 0.389. The van der Waals surface area contributed by atoms with E-state index in [4.69, 9.17) is 18.7 Å². The molecule has 5 rings (SSSR count). The minimum absolute atomic E-state index is 0.0643. The van der Waals surface area contributed by atoms with E-state index in [0.29, 0.717) is 36.5 Å². The quantitative estimate of drug-likeness (QED) is 0.118. The van der Waals surface area contributed by atoms with Crippen LogP contribution in [0.5, 0.6) is 5.75 Å². The Morgan fingerprint density at radius 2 is 1.59 bits per heavy atom. The molecule has 3 aromatic carbocycles. The summed E-state index contributed by atoms with van der Waals surface area (Å²) in [5.74, 6) is 0.448. The van der Waals surface area contributed by atoms with Gasteiger partial charge in [-0.15, -0.1) is 4.99 Å². The van der Waals surface area contributed by atoms with Gasteiger partial charge in [0.05, 0.1) is 5.56 Å². The van der Waals surface area contributed by atoms with Crippen molar-refractivity contribution in [2.45, 2.75) is 77.8 Å². The molecule has 1 aliphatic heterocycles. The monoisotopic (exact) mass is 709 g/mol. The Balaban J connectivity index is 1.29. The van der Waals surface area contributed by atoms with Crippen molar-refractivity contribution in [3.8, 4) is 17.1 Å². The second kappa shape index (κ2) is 14.4. The molecule has 51 heavy (non-hydrogen) atoms. The Hall–Kier alpha value is -5.47. The molecule has 270 valence electrons. The fourth-order valence-corrected chi connectivity index (χ4v) is 5.22. The van der Waals surface area contributed by atoms with Crippen molar-refractivity contribution < 1.29 is 46.3 Å². The fourth-order valence-electron chi connectivity index (χ4n) is 5.22. The molecule has 1 fully saturated rings. The number of halogens is 3. The zero-order valence-corrected chi connectivity index (χ0v) is 29.0. The van der Waals surface area contributed by atoms with Gasteiger partial charge in [-0.1, -0.05) is 35.5 Å². The predicted octanol–water partition coefficient (Wildman–Crippen LogP) is 8.12. The number of amides is 2. The number of benzene rings is 3. The number of Topliss-reactive ketones (excluding diaryl/α,β-unsaturated/α-hetero) is 1. The van der Waals surface area contributed by atoms with Gasteiger partial charge in [-0.25, -0.2) is 9.59 Å². The minimum Gasteiger partial charge on any atom is -0.485 e. The number of nitrogens with zero attached hydrogens (tertiary/aromatic N) is 4. The van der Waals surface area contributed by atoms with Crippen molar-refractivity contribution in [1.82, 2.24) is 20.4 Å². The van der Waals surface area contributed by atoms with Crippen molar-refractivity contribution in [1.29, 1.82) is 0 Å². The van der Waals surface area contributed by atoms with E-state index in [0.717, 1.165) is 35.0 Å². The molecule has 1 aromatic heterocycles. The van der Waals surface area contributed by atoms with Gasteiger partial charge < -0.3 is 23.6 Å². The summed E-state index contributed by atoms with van der Waals surface area (Å²) in [7, 11) is 0. The van der Waals surface area contributed by atoms with Gasteiger partial charge in [0.15, 0.2) is 12.4 Å². The van der Waals surface area contributed by atoms with Crippen LogP contribution in [0.4, 0.5) is 22.8 Å². The molecule has 0 unspecified atom stereocenters. The summed E-state index contributed by atoms with van der Waals surface area (Å²) >= 11 is 0. The van der Waals surface area contributed by atoms with Gasteiger partial charge in [0.1, 0.15) is 23.0 Å². The molecule has 1 saturated heterocycles. The number of rotatable bonds is 6. The molecule has 0 radical (unpaired) electrons. The molecule has 12 nitrogen and oxygen atoms in total. The second-order valence-electron chi connectivity index (χ2n) is 13.9. The first-order valence-electron chi connectivity index (χ1n) is 16.1. The molecule has 0 spiro atoms. The van der Waals surface area contributed by atoms with Crippen LogP contribution < -0.4 is 10.1 Å². The number of ketones is 1. The van der Waals surface area contributed by atoms with Crippen LogP contribution in [-0.4, -0.2) is 63.3 Å². The molecule has 0 aliphatic carbocycles. The van der Waals surface area contributed by atoms with Gasteiger partial charge in [0.2, 0.25) is 17.7 Å². The smallest absolute Gasteiger partial charge is 0.437 e. The zero-order valence-electron chi connectivity index (χ0n) is 29.0. The van der Waals surface area contributed by atoms with Crippen molar-refractivity contribution >= 4 is 34.7 Å². The van der Waals surface area contributed by atoms with Crippen molar-refractivity contribution in [2.24, 2.45) is 4.99 Å². The molecule has 1 N–H and O–H groups in total. The molecule has 0 saturated carbocycles. The minimum atomic E-state index is -4.49. The lowest BCUT2D eigenvalue weighted by molar-refractivity contribution is -0.137. The highest BCUT2D eigenvalue weighted by Gasteiger charge is 2.35. The number of likely N-dealkylation sites (tertiary alicyclic amines) is 1. The molecular weight excluding hydrogens is 671 g/mol. The summed E-state index contributed by atoms with van der Waals surface area (Å²) in [6.45, 7) is 10.3. The number of aliphatic imine (C=N–C) groups is 1. The van der Waals surface area contributed by atoms with Crippen LogP contribution in [0.3, 0.4) is 0 Å². The zero-order chi connectivity index (χ0) is 37.1. The highest BCUT2D eigenvalue weighted by atomic mass is 19.4. The summed E-state index contributed by atoms with van der Waals surface area (Å²) in [5, 5.41) is 8.37. The van der Waals surface area contributed by atoms with Crippen LogP contribution in [-0.2, 0) is 15.7 Å². The number of alkyl halides is 3. The van der Waals surface area contributed by atoms with Crippen molar-refractivity contribution in [2.75, 3.05) is 13.2 Å². The Labute approximate surface area is 292 Å². The van der Waals surface area contributed by atoms with Crippen LogP contribution >= 0.6 is 0 Å². The van der Waals surface area contributed by atoms with E-state index in [9.17, 15) is 27.6 Å². The lowest BCUT2D eigenvalue weighted by Gasteiger charge is -2.27. The third-order valence-electron chi connectivity index (χ3n) is 7.43. The number of alkyl carbamates (subject to hydrolysis) is 1. The topological polar surface area (TPSA) is 145 Å². The number of fused-ring (bicyclic) bond motifs is 1. The van der Waals surface area contributed by atoms with Crippen molar-refractivity contribution in [3.05, 3.63) is 77.7 Å². The van der Waals surface area contributed by atoms with Crippen LogP contribution in [0.25, 0.3) is 22.2 Å². The number of guanidine groups is 1. The van der Waals surface area contributed by atoms with Gasteiger partial charge in [-0.05, 0) is 95.5 Å². The Bertz CT molecular complexity index is 1940. The lowest BCUT2D eigenvalue weighted by atomic mass is 10.1. The molecule has 2 amide bonds. The molecule has 0 bridgehead atoms. The van der Waals surface area contributed by atoms with E-state index < -0.39 is 47.0 Å². The number of carbonyl (C=O) groups is 3. The number of hydrogen-bond acceptors (Lipinski definition) is 9. The first-order chi connectivity index (χ1) is 23.8. The third kappa shape index (κ3) is 9.83. The van der Waals surface area contributed by atoms with Crippen LogP contribution in [0.1, 0.15) is 82.2 Å². The molecule has 1 atom stereocenters. The van der Waals surface area contributed by atoms with Gasteiger partial charge in [-0.2, -0.15) is 18.2 Å². The van der Waals surface area contributed by atoms with Crippen LogP contribution in [0.15, 0.2) is 70.2 Å². The van der Waals surface area contributed by atoms with E-state index in [2.05, 4.69) is 20.4 Å². The number of nitrogens with one attached hydrogen (secondary N) is 1. The summed E-state index contributed by atoms with van der Waals surface area (Å²) in [6.07, 6.45) is -4.91. The summed E-state index contributed by atoms with van der Waals surface area (Å²) in [5.41, 5.74) is -1.67. The van der Waals surface area contributed by atoms with E-state index in [1.54, 1.807) is 70.7 Å². The SMILES string of the molecule is CC(C)(C)OC(=O)/N=C(\NC(=O)OC(C)(C)C)N1CCC[C@H]1c1nc(-c2ccc3cc(OCC(=O)c4ccc(C(F)(F)F)cc4)ccc3c2)no1. The summed E-state index contributed by atoms with van der Waals surface area (Å²) < 4.78 is 60.6. The number of ether oxygens (including phenoxy) is 3. The largest absolute Gasteiger partial charge is 0.485 e. The number of aromatic nitrogens is 2. The Morgan fingerprint density at radius 3 is 2.25 bits per heavy atom. The standard InChI is InChI=1S/C36H38F3N5O7/c1-34(2,3)49-32(46)41-31(42-33(47)50-35(4,5)6)44-17-7-8-27(44)30-40-29(43-51-30)24-10-9-23-19-26(16-13-22(23)18-24)48-20-28(45)21-11-14-25(15-12-21)36(37,38)39/h9-16,18-19,27H,7-8,17,20H2,1-6H3,(H,41,42,46,47)/t27-/m0/s1. The maximum Gasteiger partial charge on any atom is 0.437 e. The van der Waals surface area contributed by atoms with E-state index >= 15 is 0 Å². The van der Waals surface area contributed by atoms with Crippen molar-refractivity contribution in [3.63, 3.8) is 0 Å². The Morgan fingerprint density at radius 1 is 0.922 bits per heavy atom. The van der Waals surface area contributed by atoms with E-state index in [1.807, 2.05) is 12.1 Å².